The van der Waals surface area contributed by atoms with E-state index in [0.717, 1.165) is 11.6 Å². The van der Waals surface area contributed by atoms with Gasteiger partial charge in [0.1, 0.15) is 12.4 Å². The van der Waals surface area contributed by atoms with Crippen LogP contribution in [0.3, 0.4) is 0 Å². The normalized spacial score (nSPS) is 16.4. The van der Waals surface area contributed by atoms with Gasteiger partial charge in [-0.05, 0) is 47.9 Å². The summed E-state index contributed by atoms with van der Waals surface area (Å²) in [5, 5.41) is 11.2. The van der Waals surface area contributed by atoms with Crippen LogP contribution in [0.1, 0.15) is 29.2 Å². The van der Waals surface area contributed by atoms with Crippen molar-refractivity contribution in [1.29, 1.82) is 0 Å². The average Bonchev–Trinajstić information content (AvgIpc) is 3.21. The van der Waals surface area contributed by atoms with E-state index in [4.69, 9.17) is 18.9 Å². The van der Waals surface area contributed by atoms with E-state index in [1.807, 2.05) is 30.3 Å². The van der Waals surface area contributed by atoms with E-state index in [0.29, 0.717) is 36.7 Å². The third-order valence-corrected chi connectivity index (χ3v) is 6.45. The molecule has 8 nitrogen and oxygen atoms in total. The number of nitrogens with zero attached hydrogens (tertiary/aromatic N) is 1. The van der Waals surface area contributed by atoms with Gasteiger partial charge in [-0.15, -0.1) is 0 Å². The van der Waals surface area contributed by atoms with Crippen molar-refractivity contribution in [2.45, 2.75) is 19.1 Å². The van der Waals surface area contributed by atoms with Crippen LogP contribution in [0, 0.1) is 5.82 Å². The quantitative estimate of drug-likeness (QED) is 0.162. The molecule has 3 aromatic rings. The fourth-order valence-corrected chi connectivity index (χ4v) is 4.51. The summed E-state index contributed by atoms with van der Waals surface area (Å²) < 4.78 is 36.0. The highest BCUT2D eigenvalue weighted by Crippen LogP contribution is 2.42. The molecule has 1 aliphatic heterocycles. The van der Waals surface area contributed by atoms with Crippen LogP contribution in [0.4, 0.5) is 4.39 Å². The Hall–Kier alpha value is -4.37. The summed E-state index contributed by atoms with van der Waals surface area (Å²) in [5.74, 6) is -1.99. The van der Waals surface area contributed by atoms with E-state index >= 15 is 0 Å². The minimum absolute atomic E-state index is 0.0149. The van der Waals surface area contributed by atoms with Crippen LogP contribution in [-0.2, 0) is 20.9 Å². The Morgan fingerprint density at radius 3 is 2.31 bits per heavy atom. The molecule has 0 radical (unpaired) electrons. The molecule has 1 aliphatic rings. The second kappa shape index (κ2) is 12.4. The van der Waals surface area contributed by atoms with Crippen LogP contribution < -0.4 is 14.2 Å². The molecule has 0 saturated carbocycles. The zero-order valence-corrected chi connectivity index (χ0v) is 22.0. The van der Waals surface area contributed by atoms with Gasteiger partial charge >= 0.3 is 0 Å². The lowest BCUT2D eigenvalue weighted by molar-refractivity contribution is -0.140. The molecule has 1 saturated heterocycles. The van der Waals surface area contributed by atoms with Gasteiger partial charge in [0.05, 0.1) is 25.8 Å². The van der Waals surface area contributed by atoms with Gasteiger partial charge in [0.15, 0.2) is 23.1 Å². The fraction of sp³-hybridized carbons (Fsp3) is 0.267. The fourth-order valence-electron chi connectivity index (χ4n) is 4.51. The number of amides is 1. The van der Waals surface area contributed by atoms with E-state index in [1.54, 1.807) is 25.3 Å². The number of aliphatic hydroxyl groups excluding tert-OH is 1. The number of hydrogen-bond donors (Lipinski definition) is 1. The van der Waals surface area contributed by atoms with Gasteiger partial charge in [-0.1, -0.05) is 36.4 Å². The van der Waals surface area contributed by atoms with Gasteiger partial charge in [0, 0.05) is 25.8 Å². The van der Waals surface area contributed by atoms with Crippen molar-refractivity contribution in [1.82, 2.24) is 4.90 Å². The standard InChI is InChI=1S/C30H30FNO7/c1-36-15-7-14-32-27(20-10-13-24(25(17-20)38-3)39-18-19-8-5-4-6-9-19)26(29(34)30(32)35)28(33)21-11-12-23(37-2)22(31)16-21/h4-6,8-13,16-17,27,33H,7,14-15,18H2,1-3H3/t27-/m0/s1. The lowest BCUT2D eigenvalue weighted by Crippen LogP contribution is -2.31. The van der Waals surface area contributed by atoms with Gasteiger partial charge in [-0.3, -0.25) is 9.59 Å². The smallest absolute Gasteiger partial charge is 0.295 e. The predicted molar refractivity (Wildman–Crippen MR) is 142 cm³/mol. The van der Waals surface area contributed by atoms with Crippen molar-refractivity contribution < 1.29 is 38.0 Å². The first-order valence-electron chi connectivity index (χ1n) is 12.4. The summed E-state index contributed by atoms with van der Waals surface area (Å²) in [5.41, 5.74) is 1.39. The zero-order valence-electron chi connectivity index (χ0n) is 22.0. The molecule has 0 unspecified atom stereocenters. The number of Topliss-reactive ketones (excluding diaryl/α,β-unsaturated/α-hetero) is 1. The van der Waals surface area contributed by atoms with Crippen molar-refractivity contribution in [2.75, 3.05) is 34.5 Å². The number of carbonyl (C=O) groups is 2. The molecule has 1 atom stereocenters. The molecule has 39 heavy (non-hydrogen) atoms. The number of likely N-dealkylation sites (tertiary alicyclic amines) is 1. The van der Waals surface area contributed by atoms with Crippen molar-refractivity contribution in [3.05, 3.63) is 94.8 Å². The number of benzene rings is 3. The number of methoxy groups -OCH3 is 3. The van der Waals surface area contributed by atoms with Crippen molar-refractivity contribution in [2.24, 2.45) is 0 Å². The van der Waals surface area contributed by atoms with E-state index < -0.39 is 29.3 Å². The van der Waals surface area contributed by atoms with Crippen LogP contribution in [-0.4, -0.2) is 56.2 Å². The number of aliphatic hydroxyl groups is 1. The third-order valence-electron chi connectivity index (χ3n) is 6.45. The van der Waals surface area contributed by atoms with Crippen molar-refractivity contribution >= 4 is 17.4 Å². The Balaban J connectivity index is 1.76. The summed E-state index contributed by atoms with van der Waals surface area (Å²) >= 11 is 0. The second-order valence-corrected chi connectivity index (χ2v) is 8.87. The van der Waals surface area contributed by atoms with Gasteiger partial charge in [-0.25, -0.2) is 4.39 Å². The molecular formula is C30H30FNO7. The summed E-state index contributed by atoms with van der Waals surface area (Å²) in [7, 11) is 4.36. The van der Waals surface area contributed by atoms with Crippen molar-refractivity contribution in [3.8, 4) is 17.2 Å². The van der Waals surface area contributed by atoms with Gasteiger partial charge in [0.2, 0.25) is 0 Å². The largest absolute Gasteiger partial charge is 0.507 e. The highest BCUT2D eigenvalue weighted by atomic mass is 19.1. The molecule has 0 bridgehead atoms. The molecule has 204 valence electrons. The number of rotatable bonds is 11. The van der Waals surface area contributed by atoms with Gasteiger partial charge in [-0.2, -0.15) is 0 Å². The lowest BCUT2D eigenvalue weighted by Gasteiger charge is -2.26. The first-order chi connectivity index (χ1) is 18.9. The summed E-state index contributed by atoms with van der Waals surface area (Å²) in [6, 6.07) is 17.6. The highest BCUT2D eigenvalue weighted by molar-refractivity contribution is 6.46. The zero-order chi connectivity index (χ0) is 27.9. The topological polar surface area (TPSA) is 94.5 Å². The molecule has 4 rings (SSSR count). The number of ether oxygens (including phenoxy) is 4. The SMILES string of the molecule is COCCCN1C(=O)C(=O)C(=C(O)c2ccc(OC)c(F)c2)[C@@H]1c1ccc(OCc2ccccc2)c(OC)c1. The molecule has 3 aromatic carbocycles. The maximum Gasteiger partial charge on any atom is 0.295 e. The summed E-state index contributed by atoms with van der Waals surface area (Å²) in [4.78, 5) is 27.7. The van der Waals surface area contributed by atoms with E-state index in [9.17, 15) is 19.1 Å². The molecule has 1 N–H and O–H groups in total. The Morgan fingerprint density at radius 1 is 0.923 bits per heavy atom. The summed E-state index contributed by atoms with van der Waals surface area (Å²) in [6.07, 6.45) is 0.465. The Kier molecular flexibility index (Phi) is 8.83. The third kappa shape index (κ3) is 5.88. The van der Waals surface area contributed by atoms with Crippen LogP contribution in [0.15, 0.2) is 72.3 Å². The van der Waals surface area contributed by atoms with Crippen LogP contribution >= 0.6 is 0 Å². The first kappa shape index (κ1) is 27.7. The van der Waals surface area contributed by atoms with Gasteiger partial charge in [0.25, 0.3) is 11.7 Å². The molecule has 0 spiro atoms. The molecular weight excluding hydrogens is 505 g/mol. The minimum atomic E-state index is -0.941. The minimum Gasteiger partial charge on any atom is -0.507 e. The van der Waals surface area contributed by atoms with Crippen LogP contribution in [0.5, 0.6) is 17.2 Å². The average molecular weight is 536 g/mol. The highest BCUT2D eigenvalue weighted by Gasteiger charge is 2.46. The second-order valence-electron chi connectivity index (χ2n) is 8.87. The number of ketones is 1. The Labute approximate surface area is 226 Å². The molecule has 1 amide bonds. The van der Waals surface area contributed by atoms with Crippen LogP contribution in [0.25, 0.3) is 5.76 Å². The molecule has 0 aromatic heterocycles. The summed E-state index contributed by atoms with van der Waals surface area (Å²) in [6.45, 7) is 0.884. The van der Waals surface area contributed by atoms with E-state index in [2.05, 4.69) is 0 Å². The Bertz CT molecular complexity index is 1370. The maximum atomic E-state index is 14.4. The predicted octanol–water partition coefficient (Wildman–Crippen LogP) is 4.88. The maximum absolute atomic E-state index is 14.4. The number of carbonyl (C=O) groups excluding carboxylic acids is 2. The Morgan fingerprint density at radius 2 is 1.64 bits per heavy atom. The first-order valence-corrected chi connectivity index (χ1v) is 12.4. The van der Waals surface area contributed by atoms with Crippen molar-refractivity contribution in [3.63, 3.8) is 0 Å². The molecule has 0 aliphatic carbocycles. The molecule has 9 heteroatoms. The molecule has 1 heterocycles. The van der Waals surface area contributed by atoms with Crippen LogP contribution in [0.2, 0.25) is 0 Å². The number of halogens is 1. The monoisotopic (exact) mass is 535 g/mol. The van der Waals surface area contributed by atoms with E-state index in [-0.39, 0.29) is 23.4 Å². The van der Waals surface area contributed by atoms with Gasteiger partial charge < -0.3 is 29.0 Å². The number of hydrogen-bond acceptors (Lipinski definition) is 7. The lowest BCUT2D eigenvalue weighted by atomic mass is 9.94. The van der Waals surface area contributed by atoms with E-state index in [1.165, 1.54) is 31.3 Å². The molecule has 1 fully saturated rings.